The summed E-state index contributed by atoms with van der Waals surface area (Å²) in [4.78, 5) is 24.1. The second-order valence-electron chi connectivity index (χ2n) is 6.55. The first-order valence-corrected chi connectivity index (χ1v) is 8.39. The number of fused-ring (bicyclic) bond motifs is 1. The van der Waals surface area contributed by atoms with E-state index < -0.39 is 5.60 Å². The van der Waals surface area contributed by atoms with Crippen LogP contribution in [0.15, 0.2) is 41.0 Å². The van der Waals surface area contributed by atoms with Crippen LogP contribution < -0.4 is 10.6 Å². The first-order chi connectivity index (χ1) is 12.0. The molecule has 0 fully saturated rings. The van der Waals surface area contributed by atoms with E-state index in [-0.39, 0.29) is 24.9 Å². The van der Waals surface area contributed by atoms with Gasteiger partial charge in [-0.15, -0.1) is 0 Å². The molecule has 132 valence electrons. The van der Waals surface area contributed by atoms with Crippen LogP contribution in [0, 0.1) is 0 Å². The van der Waals surface area contributed by atoms with E-state index in [1.807, 2.05) is 12.1 Å². The van der Waals surface area contributed by atoms with Crippen molar-refractivity contribution in [1.82, 2.24) is 10.6 Å². The summed E-state index contributed by atoms with van der Waals surface area (Å²) in [5, 5.41) is 15.5. The van der Waals surface area contributed by atoms with E-state index in [2.05, 4.69) is 10.6 Å². The topological polar surface area (TPSA) is 91.6 Å². The molecule has 2 aromatic rings. The van der Waals surface area contributed by atoms with Crippen molar-refractivity contribution in [3.8, 4) is 0 Å². The number of furan rings is 1. The molecule has 3 rings (SSSR count). The number of hydrogen-bond acceptors (Lipinski definition) is 4. The predicted molar refractivity (Wildman–Crippen MR) is 92.1 cm³/mol. The highest BCUT2D eigenvalue weighted by Crippen LogP contribution is 2.22. The number of rotatable bonds is 6. The number of nitrogens with one attached hydrogen (secondary N) is 2. The first kappa shape index (κ1) is 17.2. The van der Waals surface area contributed by atoms with E-state index in [1.165, 1.54) is 17.4 Å². The number of carbonyl (C=O) groups is 2. The van der Waals surface area contributed by atoms with Crippen LogP contribution in [0.2, 0.25) is 0 Å². The van der Waals surface area contributed by atoms with Crippen molar-refractivity contribution in [1.29, 1.82) is 0 Å². The van der Waals surface area contributed by atoms with Crippen molar-refractivity contribution in [2.75, 3.05) is 13.1 Å². The molecule has 3 N–H and O–H groups in total. The molecule has 1 heterocycles. The first-order valence-electron chi connectivity index (χ1n) is 8.39. The van der Waals surface area contributed by atoms with Crippen molar-refractivity contribution in [2.24, 2.45) is 0 Å². The minimum Gasteiger partial charge on any atom is -0.466 e. The average molecular weight is 342 g/mol. The number of aliphatic hydroxyl groups is 1. The van der Waals surface area contributed by atoms with Crippen molar-refractivity contribution < 1.29 is 19.1 Å². The van der Waals surface area contributed by atoms with E-state index in [4.69, 9.17) is 4.42 Å². The molecule has 6 heteroatoms. The normalized spacial score (nSPS) is 15.3. The summed E-state index contributed by atoms with van der Waals surface area (Å²) in [7, 11) is 0. The van der Waals surface area contributed by atoms with Gasteiger partial charge in [0.05, 0.1) is 19.4 Å². The summed E-state index contributed by atoms with van der Waals surface area (Å²) in [5.74, 6) is -0.279. The zero-order chi connectivity index (χ0) is 17.9. The molecule has 0 saturated heterocycles. The smallest absolute Gasteiger partial charge is 0.251 e. The zero-order valence-electron chi connectivity index (χ0n) is 14.2. The van der Waals surface area contributed by atoms with E-state index in [0.717, 1.165) is 19.3 Å². The van der Waals surface area contributed by atoms with E-state index in [1.54, 1.807) is 25.1 Å². The Kier molecular flexibility index (Phi) is 4.90. The minimum atomic E-state index is -1.30. The number of hydrogen-bond donors (Lipinski definition) is 3. The van der Waals surface area contributed by atoms with Gasteiger partial charge in [0.1, 0.15) is 11.4 Å². The molecular formula is C19H22N2O4. The quantitative estimate of drug-likeness (QED) is 0.742. The second-order valence-corrected chi connectivity index (χ2v) is 6.55. The third-order valence-electron chi connectivity index (χ3n) is 4.45. The molecule has 0 aliphatic heterocycles. The number of carbonyl (C=O) groups excluding carboxylic acids is 2. The molecule has 6 nitrogen and oxygen atoms in total. The standard InChI is InChI=1S/C19H22N2O4/c1-19(24,16-6-3-9-25-16)12-21-17(22)11-20-18(23)15-8-7-13-4-2-5-14(13)10-15/h3,6-10,24H,2,4-5,11-12H2,1H3,(H,20,23)(H,21,22). The van der Waals surface area contributed by atoms with Crippen LogP contribution in [0.5, 0.6) is 0 Å². The lowest BCUT2D eigenvalue weighted by Crippen LogP contribution is -2.43. The monoisotopic (exact) mass is 342 g/mol. The van der Waals surface area contributed by atoms with Crippen molar-refractivity contribution in [2.45, 2.75) is 31.8 Å². The number of aryl methyl sites for hydroxylation is 2. The Morgan fingerprint density at radius 2 is 2.00 bits per heavy atom. The molecule has 0 spiro atoms. The van der Waals surface area contributed by atoms with Gasteiger partial charge in [-0.1, -0.05) is 6.07 Å². The Morgan fingerprint density at radius 1 is 1.20 bits per heavy atom. The van der Waals surface area contributed by atoms with Crippen LogP contribution >= 0.6 is 0 Å². The van der Waals surface area contributed by atoms with E-state index in [9.17, 15) is 14.7 Å². The summed E-state index contributed by atoms with van der Waals surface area (Å²) in [6.45, 7) is 1.40. The highest BCUT2D eigenvalue weighted by atomic mass is 16.4. The van der Waals surface area contributed by atoms with Crippen LogP contribution in [0.25, 0.3) is 0 Å². The van der Waals surface area contributed by atoms with Gasteiger partial charge in [-0.05, 0) is 61.6 Å². The third-order valence-corrected chi connectivity index (χ3v) is 4.45. The van der Waals surface area contributed by atoms with Gasteiger partial charge >= 0.3 is 0 Å². The van der Waals surface area contributed by atoms with Crippen LogP contribution in [-0.2, 0) is 23.2 Å². The van der Waals surface area contributed by atoms with Gasteiger partial charge < -0.3 is 20.2 Å². The van der Waals surface area contributed by atoms with Crippen molar-refractivity contribution in [3.63, 3.8) is 0 Å². The van der Waals surface area contributed by atoms with Crippen LogP contribution in [0.4, 0.5) is 0 Å². The van der Waals surface area contributed by atoms with Crippen molar-refractivity contribution in [3.05, 3.63) is 59.0 Å². The highest BCUT2D eigenvalue weighted by Gasteiger charge is 2.26. The highest BCUT2D eigenvalue weighted by molar-refractivity contribution is 5.96. The molecule has 1 aromatic carbocycles. The molecule has 2 amide bonds. The van der Waals surface area contributed by atoms with Gasteiger partial charge in [0.15, 0.2) is 0 Å². The minimum absolute atomic E-state index is 0.00589. The molecule has 1 atom stereocenters. The second kappa shape index (κ2) is 7.11. The summed E-state index contributed by atoms with van der Waals surface area (Å²) in [5.41, 5.74) is 1.78. The molecule has 0 radical (unpaired) electrons. The fourth-order valence-electron chi connectivity index (χ4n) is 2.98. The van der Waals surface area contributed by atoms with Crippen LogP contribution in [-0.4, -0.2) is 30.0 Å². The predicted octanol–water partition coefficient (Wildman–Crippen LogP) is 1.52. The summed E-state index contributed by atoms with van der Waals surface area (Å²) >= 11 is 0. The van der Waals surface area contributed by atoms with Crippen LogP contribution in [0.3, 0.4) is 0 Å². The Hall–Kier alpha value is -2.60. The SMILES string of the molecule is CC(O)(CNC(=O)CNC(=O)c1ccc2c(c1)CCC2)c1ccco1. The fourth-order valence-corrected chi connectivity index (χ4v) is 2.98. The zero-order valence-corrected chi connectivity index (χ0v) is 14.2. The summed E-state index contributed by atoms with van der Waals surface area (Å²) < 4.78 is 5.15. The Bertz CT molecular complexity index is 766. The molecule has 1 aliphatic carbocycles. The van der Waals surface area contributed by atoms with E-state index in [0.29, 0.717) is 11.3 Å². The maximum Gasteiger partial charge on any atom is 0.251 e. The lowest BCUT2D eigenvalue weighted by atomic mass is 10.0. The number of amides is 2. The fraction of sp³-hybridized carbons (Fsp3) is 0.368. The van der Waals surface area contributed by atoms with Gasteiger partial charge in [-0.3, -0.25) is 9.59 Å². The summed E-state index contributed by atoms with van der Waals surface area (Å²) in [6, 6.07) is 8.98. The van der Waals surface area contributed by atoms with Gasteiger partial charge in [0, 0.05) is 5.56 Å². The van der Waals surface area contributed by atoms with Gasteiger partial charge in [0.2, 0.25) is 5.91 Å². The molecule has 0 saturated carbocycles. The molecular weight excluding hydrogens is 320 g/mol. The Morgan fingerprint density at radius 3 is 2.76 bits per heavy atom. The lowest BCUT2D eigenvalue weighted by Gasteiger charge is -2.21. The Balaban J connectivity index is 1.48. The molecule has 25 heavy (non-hydrogen) atoms. The molecule has 1 aliphatic rings. The van der Waals surface area contributed by atoms with Gasteiger partial charge in [-0.25, -0.2) is 0 Å². The number of benzene rings is 1. The molecule has 1 unspecified atom stereocenters. The molecule has 0 bridgehead atoms. The average Bonchev–Trinajstić information content (AvgIpc) is 3.28. The lowest BCUT2D eigenvalue weighted by molar-refractivity contribution is -0.121. The van der Waals surface area contributed by atoms with Gasteiger partial charge in [-0.2, -0.15) is 0 Å². The summed E-state index contributed by atoms with van der Waals surface area (Å²) in [6.07, 6.45) is 4.65. The maximum absolute atomic E-state index is 12.2. The molecule has 1 aromatic heterocycles. The van der Waals surface area contributed by atoms with Crippen LogP contribution in [0.1, 0.15) is 40.6 Å². The van der Waals surface area contributed by atoms with Crippen molar-refractivity contribution >= 4 is 11.8 Å². The maximum atomic E-state index is 12.2. The third kappa shape index (κ3) is 4.09. The Labute approximate surface area is 146 Å². The largest absolute Gasteiger partial charge is 0.466 e. The van der Waals surface area contributed by atoms with E-state index >= 15 is 0 Å². The van der Waals surface area contributed by atoms with Gasteiger partial charge in [0.25, 0.3) is 5.91 Å².